The molecule has 0 bridgehead atoms. The molecule has 1 aliphatic rings. The van der Waals surface area contributed by atoms with Crippen LogP contribution < -0.4 is 16.2 Å². The van der Waals surface area contributed by atoms with E-state index in [4.69, 9.17) is 0 Å². The van der Waals surface area contributed by atoms with Gasteiger partial charge >= 0.3 is 0 Å². The van der Waals surface area contributed by atoms with E-state index in [9.17, 15) is 18.8 Å². The number of halogens is 1. The first-order chi connectivity index (χ1) is 16.0. The molecule has 1 aliphatic heterocycles. The van der Waals surface area contributed by atoms with Gasteiger partial charge in [0.15, 0.2) is 0 Å². The molecule has 0 aliphatic carbocycles. The van der Waals surface area contributed by atoms with E-state index in [1.54, 1.807) is 36.5 Å². The number of amides is 2. The fourth-order valence-corrected chi connectivity index (χ4v) is 3.71. The van der Waals surface area contributed by atoms with Crippen LogP contribution in [0, 0.1) is 5.82 Å². The van der Waals surface area contributed by atoms with Crippen LogP contribution in [0.4, 0.5) is 15.8 Å². The number of anilines is 2. The molecule has 162 valence electrons. The van der Waals surface area contributed by atoms with E-state index in [0.29, 0.717) is 28.2 Å². The maximum atomic E-state index is 13.2. The van der Waals surface area contributed by atoms with Crippen molar-refractivity contribution in [3.8, 4) is 5.69 Å². The Hall–Kier alpha value is -4.72. The lowest BCUT2D eigenvalue weighted by Crippen LogP contribution is -2.28. The van der Waals surface area contributed by atoms with Crippen LogP contribution in [0.15, 0.2) is 83.9 Å². The summed E-state index contributed by atoms with van der Waals surface area (Å²) in [6.07, 6.45) is 4.99. The summed E-state index contributed by atoms with van der Waals surface area (Å²) in [5.74, 6) is -1.34. The number of hydrogen-bond acceptors (Lipinski definition) is 3. The second kappa shape index (κ2) is 8.08. The smallest absolute Gasteiger partial charge is 0.267 e. The van der Waals surface area contributed by atoms with Gasteiger partial charge in [-0.25, -0.2) is 4.39 Å². The number of carbonyl (C=O) groups excluding carboxylic acids is 2. The van der Waals surface area contributed by atoms with Crippen molar-refractivity contribution in [2.45, 2.75) is 0 Å². The quantitative estimate of drug-likeness (QED) is 0.418. The van der Waals surface area contributed by atoms with Crippen molar-refractivity contribution in [1.82, 2.24) is 9.55 Å². The monoisotopic (exact) mass is 440 g/mol. The SMILES string of the molecule is O=C1Nc2c(NC(=O)c3cccn(-c4ccc(F)cc4)c3=O)cccc2C1=Cc1ccc[nH]1. The maximum Gasteiger partial charge on any atom is 0.267 e. The molecule has 3 heterocycles. The Morgan fingerprint density at radius 2 is 1.79 bits per heavy atom. The molecule has 2 aromatic carbocycles. The summed E-state index contributed by atoms with van der Waals surface area (Å²) in [6.45, 7) is 0. The molecule has 33 heavy (non-hydrogen) atoms. The summed E-state index contributed by atoms with van der Waals surface area (Å²) in [6, 6.07) is 17.2. The minimum Gasteiger partial charge on any atom is -0.362 e. The molecule has 7 nitrogen and oxygen atoms in total. The van der Waals surface area contributed by atoms with Gasteiger partial charge in [-0.05, 0) is 60.7 Å². The van der Waals surface area contributed by atoms with Crippen LogP contribution in [-0.2, 0) is 4.79 Å². The zero-order valence-electron chi connectivity index (χ0n) is 17.1. The lowest BCUT2D eigenvalue weighted by Gasteiger charge is -2.11. The second-order valence-corrected chi connectivity index (χ2v) is 7.39. The molecule has 0 spiro atoms. The fourth-order valence-electron chi connectivity index (χ4n) is 3.71. The van der Waals surface area contributed by atoms with E-state index in [2.05, 4.69) is 15.6 Å². The molecule has 8 heteroatoms. The highest BCUT2D eigenvalue weighted by molar-refractivity contribution is 6.36. The van der Waals surface area contributed by atoms with Crippen molar-refractivity contribution in [2.24, 2.45) is 0 Å². The minimum atomic E-state index is -0.624. The summed E-state index contributed by atoms with van der Waals surface area (Å²) in [7, 11) is 0. The molecule has 0 atom stereocenters. The predicted molar refractivity (Wildman–Crippen MR) is 124 cm³/mol. The largest absolute Gasteiger partial charge is 0.362 e. The highest BCUT2D eigenvalue weighted by atomic mass is 19.1. The number of carbonyl (C=O) groups is 2. The molecule has 0 fully saturated rings. The Morgan fingerprint density at radius 1 is 0.970 bits per heavy atom. The van der Waals surface area contributed by atoms with Gasteiger partial charge in [0, 0.05) is 29.3 Å². The molecular formula is C25H17FN4O3. The minimum absolute atomic E-state index is 0.0918. The first kappa shape index (κ1) is 20.2. The zero-order valence-corrected chi connectivity index (χ0v) is 17.1. The van der Waals surface area contributed by atoms with Crippen LogP contribution in [0.3, 0.4) is 0 Å². The summed E-state index contributed by atoms with van der Waals surface area (Å²) >= 11 is 0. The number of rotatable bonds is 4. The van der Waals surface area contributed by atoms with Gasteiger partial charge in [0.05, 0.1) is 16.9 Å². The zero-order chi connectivity index (χ0) is 22.9. The van der Waals surface area contributed by atoms with Crippen molar-refractivity contribution in [3.63, 3.8) is 0 Å². The standard InChI is InChI=1S/C25H17FN4O3/c26-15-8-10-17(11-9-15)30-13-3-6-19(25(30)33)23(31)28-21-7-1-5-18-20(24(32)29-22(18)21)14-16-4-2-12-27-16/h1-14,27H,(H,28,31)(H,29,32). The molecule has 0 saturated heterocycles. The van der Waals surface area contributed by atoms with Gasteiger partial charge in [0.25, 0.3) is 17.4 Å². The topological polar surface area (TPSA) is 96.0 Å². The summed E-state index contributed by atoms with van der Waals surface area (Å²) < 4.78 is 14.5. The van der Waals surface area contributed by atoms with Crippen LogP contribution in [0.5, 0.6) is 0 Å². The van der Waals surface area contributed by atoms with Crippen molar-refractivity contribution < 1.29 is 14.0 Å². The van der Waals surface area contributed by atoms with Gasteiger partial charge < -0.3 is 15.6 Å². The molecule has 0 unspecified atom stereocenters. The van der Waals surface area contributed by atoms with E-state index in [1.165, 1.54) is 41.1 Å². The average Bonchev–Trinajstić information content (AvgIpc) is 3.43. The lowest BCUT2D eigenvalue weighted by molar-refractivity contribution is -0.110. The number of aromatic amines is 1. The summed E-state index contributed by atoms with van der Waals surface area (Å²) in [5.41, 5.74) is 2.50. The third kappa shape index (κ3) is 3.74. The molecule has 5 rings (SSSR count). The second-order valence-electron chi connectivity index (χ2n) is 7.39. The van der Waals surface area contributed by atoms with Crippen LogP contribution in [-0.4, -0.2) is 21.4 Å². The van der Waals surface area contributed by atoms with Gasteiger partial charge in [-0.1, -0.05) is 12.1 Å². The van der Waals surface area contributed by atoms with Gasteiger partial charge in [0.2, 0.25) is 0 Å². The lowest BCUT2D eigenvalue weighted by atomic mass is 10.0. The average molecular weight is 440 g/mol. The van der Waals surface area contributed by atoms with Crippen molar-refractivity contribution in [2.75, 3.05) is 10.6 Å². The van der Waals surface area contributed by atoms with Gasteiger partial charge in [0.1, 0.15) is 11.4 Å². The number of nitrogens with one attached hydrogen (secondary N) is 3. The summed E-state index contributed by atoms with van der Waals surface area (Å²) in [5, 5.41) is 5.51. The van der Waals surface area contributed by atoms with Gasteiger partial charge in [-0.2, -0.15) is 0 Å². The number of para-hydroxylation sites is 1. The Bertz CT molecular complexity index is 1470. The van der Waals surface area contributed by atoms with Crippen LogP contribution in [0.25, 0.3) is 17.3 Å². The number of benzene rings is 2. The van der Waals surface area contributed by atoms with E-state index in [1.807, 2.05) is 12.1 Å². The Kier molecular flexibility index (Phi) is 4.95. The van der Waals surface area contributed by atoms with Crippen LogP contribution in [0.2, 0.25) is 0 Å². The van der Waals surface area contributed by atoms with Crippen LogP contribution in [0.1, 0.15) is 21.6 Å². The maximum absolute atomic E-state index is 13.2. The number of fused-ring (bicyclic) bond motifs is 1. The number of nitrogens with zero attached hydrogens (tertiary/aromatic N) is 1. The van der Waals surface area contributed by atoms with Crippen LogP contribution >= 0.6 is 0 Å². The fraction of sp³-hybridized carbons (Fsp3) is 0. The van der Waals surface area contributed by atoms with E-state index >= 15 is 0 Å². The van der Waals surface area contributed by atoms with Gasteiger partial charge in [-0.15, -0.1) is 0 Å². The van der Waals surface area contributed by atoms with E-state index < -0.39 is 17.3 Å². The Morgan fingerprint density at radius 3 is 2.55 bits per heavy atom. The molecule has 4 aromatic rings. The first-order valence-corrected chi connectivity index (χ1v) is 10.1. The van der Waals surface area contributed by atoms with Gasteiger partial charge in [-0.3, -0.25) is 19.0 Å². The molecule has 3 N–H and O–H groups in total. The van der Waals surface area contributed by atoms with Crippen molar-refractivity contribution in [3.05, 3.63) is 112 Å². The number of aromatic nitrogens is 2. The highest BCUT2D eigenvalue weighted by Gasteiger charge is 2.27. The normalized spacial score (nSPS) is 13.6. The first-order valence-electron chi connectivity index (χ1n) is 10.1. The predicted octanol–water partition coefficient (Wildman–Crippen LogP) is 4.05. The third-order valence-corrected chi connectivity index (χ3v) is 5.30. The van der Waals surface area contributed by atoms with Crippen molar-refractivity contribution >= 4 is 34.8 Å². The summed E-state index contributed by atoms with van der Waals surface area (Å²) in [4.78, 5) is 41.5. The molecular weight excluding hydrogens is 423 g/mol. The van der Waals surface area contributed by atoms with Crippen molar-refractivity contribution in [1.29, 1.82) is 0 Å². The molecule has 0 radical (unpaired) electrons. The Labute approximate surface area is 187 Å². The molecule has 0 saturated carbocycles. The number of pyridine rings is 1. The number of hydrogen-bond donors (Lipinski definition) is 3. The highest BCUT2D eigenvalue weighted by Crippen LogP contribution is 2.38. The number of H-pyrrole nitrogens is 1. The van der Waals surface area contributed by atoms with E-state index in [-0.39, 0.29) is 11.5 Å². The molecule has 2 aromatic heterocycles. The van der Waals surface area contributed by atoms with E-state index in [0.717, 1.165) is 5.69 Å². The molecule has 2 amide bonds. The Balaban J connectivity index is 1.47. The third-order valence-electron chi connectivity index (χ3n) is 5.30.